The van der Waals surface area contributed by atoms with E-state index >= 15 is 0 Å². The Balaban J connectivity index is 1.76. The van der Waals surface area contributed by atoms with Crippen molar-refractivity contribution in [1.82, 2.24) is 5.32 Å². The third-order valence-electron chi connectivity index (χ3n) is 3.23. The van der Waals surface area contributed by atoms with E-state index in [1.807, 2.05) is 37.3 Å². The van der Waals surface area contributed by atoms with Gasteiger partial charge >= 0.3 is 0 Å². The van der Waals surface area contributed by atoms with Crippen LogP contribution < -0.4 is 16.0 Å². The van der Waals surface area contributed by atoms with E-state index in [2.05, 4.69) is 22.0 Å². The topological polar surface area (TPSA) is 70.2 Å². The zero-order valence-corrected chi connectivity index (χ0v) is 13.3. The van der Waals surface area contributed by atoms with Crippen molar-refractivity contribution in [2.45, 2.75) is 20.4 Å². The Morgan fingerprint density at radius 3 is 2.35 bits per heavy atom. The molecule has 5 heteroatoms. The fraction of sp³-hybridized carbons (Fsp3) is 0.222. The first-order chi connectivity index (χ1) is 11.0. The lowest BCUT2D eigenvalue weighted by Gasteiger charge is -2.09. The van der Waals surface area contributed by atoms with E-state index in [9.17, 15) is 9.59 Å². The molecule has 120 valence electrons. The van der Waals surface area contributed by atoms with Crippen molar-refractivity contribution in [1.29, 1.82) is 0 Å². The van der Waals surface area contributed by atoms with Crippen molar-refractivity contribution >= 4 is 23.2 Å². The predicted molar refractivity (Wildman–Crippen MR) is 92.3 cm³/mol. The van der Waals surface area contributed by atoms with Crippen LogP contribution in [0, 0.1) is 6.92 Å². The molecule has 0 spiro atoms. The lowest BCUT2D eigenvalue weighted by Crippen LogP contribution is -2.29. The van der Waals surface area contributed by atoms with Crippen LogP contribution in [0.3, 0.4) is 0 Å². The third kappa shape index (κ3) is 5.82. The molecular formula is C18H21N3O2. The van der Waals surface area contributed by atoms with Crippen LogP contribution in [0.2, 0.25) is 0 Å². The van der Waals surface area contributed by atoms with Crippen LogP contribution in [0.15, 0.2) is 48.5 Å². The van der Waals surface area contributed by atoms with Crippen molar-refractivity contribution in [2.24, 2.45) is 0 Å². The third-order valence-corrected chi connectivity index (χ3v) is 3.23. The number of benzene rings is 2. The highest BCUT2D eigenvalue weighted by Gasteiger charge is 2.02. The smallest absolute Gasteiger partial charge is 0.239 e. The molecule has 0 aliphatic carbocycles. The number of amides is 2. The molecule has 0 heterocycles. The van der Waals surface area contributed by atoms with Gasteiger partial charge in [0.1, 0.15) is 0 Å². The van der Waals surface area contributed by atoms with Crippen LogP contribution in [0.1, 0.15) is 18.1 Å². The summed E-state index contributed by atoms with van der Waals surface area (Å²) in [5.41, 5.74) is 3.81. The van der Waals surface area contributed by atoms with E-state index in [1.54, 1.807) is 12.1 Å². The highest BCUT2D eigenvalue weighted by atomic mass is 16.2. The van der Waals surface area contributed by atoms with Gasteiger partial charge in [0, 0.05) is 24.8 Å². The molecule has 0 aliphatic heterocycles. The Labute approximate surface area is 136 Å². The molecule has 2 aromatic carbocycles. The first-order valence-electron chi connectivity index (χ1n) is 7.47. The molecule has 0 saturated carbocycles. The zero-order valence-electron chi connectivity index (χ0n) is 13.3. The number of hydrogen-bond donors (Lipinski definition) is 3. The Bertz CT molecular complexity index is 681. The average Bonchev–Trinajstić information content (AvgIpc) is 2.52. The molecule has 0 bridgehead atoms. The molecule has 2 amide bonds. The van der Waals surface area contributed by atoms with Gasteiger partial charge in [0.2, 0.25) is 11.8 Å². The van der Waals surface area contributed by atoms with E-state index in [0.29, 0.717) is 6.54 Å². The number of carbonyl (C=O) groups is 2. The summed E-state index contributed by atoms with van der Waals surface area (Å²) in [6, 6.07) is 15.3. The summed E-state index contributed by atoms with van der Waals surface area (Å²) in [6.07, 6.45) is 0. The van der Waals surface area contributed by atoms with E-state index in [1.165, 1.54) is 12.5 Å². The molecule has 3 N–H and O–H groups in total. The summed E-state index contributed by atoms with van der Waals surface area (Å²) in [4.78, 5) is 22.8. The first kappa shape index (κ1) is 16.5. The van der Waals surface area contributed by atoms with E-state index in [4.69, 9.17) is 0 Å². The number of rotatable bonds is 6. The molecular weight excluding hydrogens is 290 g/mol. The molecule has 0 radical (unpaired) electrons. The van der Waals surface area contributed by atoms with Gasteiger partial charge in [-0.05, 0) is 36.8 Å². The average molecular weight is 311 g/mol. The van der Waals surface area contributed by atoms with Crippen LogP contribution in [0.25, 0.3) is 0 Å². The minimum Gasteiger partial charge on any atom is -0.376 e. The first-order valence-corrected chi connectivity index (χ1v) is 7.47. The number of nitrogens with one attached hydrogen (secondary N) is 3. The molecule has 0 atom stereocenters. The van der Waals surface area contributed by atoms with Gasteiger partial charge in [0.05, 0.1) is 6.54 Å². The number of aryl methyl sites for hydroxylation is 1. The van der Waals surface area contributed by atoms with Gasteiger partial charge in [-0.3, -0.25) is 9.59 Å². The summed E-state index contributed by atoms with van der Waals surface area (Å²) in [7, 11) is 0. The Hall–Kier alpha value is -2.82. The second-order valence-corrected chi connectivity index (χ2v) is 5.38. The second kappa shape index (κ2) is 7.98. The van der Waals surface area contributed by atoms with Gasteiger partial charge in [0.15, 0.2) is 0 Å². The summed E-state index contributed by atoms with van der Waals surface area (Å²) in [5, 5.41) is 8.62. The quantitative estimate of drug-likeness (QED) is 0.768. The largest absolute Gasteiger partial charge is 0.376 e. The monoisotopic (exact) mass is 311 g/mol. The molecule has 0 aromatic heterocycles. The molecule has 2 aromatic rings. The van der Waals surface area contributed by atoms with Crippen LogP contribution in [-0.4, -0.2) is 18.4 Å². The maximum atomic E-state index is 11.9. The zero-order chi connectivity index (χ0) is 16.7. The van der Waals surface area contributed by atoms with Gasteiger partial charge in [-0.1, -0.05) is 29.8 Å². The molecule has 0 unspecified atom stereocenters. The number of hydrogen-bond acceptors (Lipinski definition) is 3. The standard InChI is InChI=1S/C18H21N3O2/c1-13-4-3-5-15(10-13)11-20-18(23)12-19-16-6-8-17(9-7-16)21-14(2)22/h3-10,19H,11-12H2,1-2H3,(H,20,23)(H,21,22). The molecule has 5 nitrogen and oxygen atoms in total. The normalized spacial score (nSPS) is 10.0. The summed E-state index contributed by atoms with van der Waals surface area (Å²) >= 11 is 0. The van der Waals surface area contributed by atoms with Crippen molar-refractivity contribution in [3.05, 3.63) is 59.7 Å². The predicted octanol–water partition coefficient (Wildman–Crippen LogP) is 2.68. The highest BCUT2D eigenvalue weighted by molar-refractivity contribution is 5.88. The highest BCUT2D eigenvalue weighted by Crippen LogP contribution is 2.13. The van der Waals surface area contributed by atoms with Gasteiger partial charge in [-0.2, -0.15) is 0 Å². The van der Waals surface area contributed by atoms with Crippen molar-refractivity contribution < 1.29 is 9.59 Å². The fourth-order valence-corrected chi connectivity index (χ4v) is 2.14. The van der Waals surface area contributed by atoms with E-state index in [0.717, 1.165) is 16.9 Å². The van der Waals surface area contributed by atoms with Crippen LogP contribution >= 0.6 is 0 Å². The lowest BCUT2D eigenvalue weighted by molar-refractivity contribution is -0.119. The summed E-state index contributed by atoms with van der Waals surface area (Å²) in [6.45, 7) is 4.21. The van der Waals surface area contributed by atoms with Gasteiger partial charge in [-0.15, -0.1) is 0 Å². The maximum absolute atomic E-state index is 11.9. The molecule has 0 aliphatic rings. The molecule has 0 saturated heterocycles. The second-order valence-electron chi connectivity index (χ2n) is 5.38. The van der Waals surface area contributed by atoms with E-state index in [-0.39, 0.29) is 18.4 Å². The minimum atomic E-state index is -0.110. The Morgan fingerprint density at radius 2 is 1.70 bits per heavy atom. The lowest BCUT2D eigenvalue weighted by atomic mass is 10.1. The van der Waals surface area contributed by atoms with Gasteiger partial charge < -0.3 is 16.0 Å². The van der Waals surface area contributed by atoms with Crippen molar-refractivity contribution in [3.63, 3.8) is 0 Å². The van der Waals surface area contributed by atoms with Gasteiger partial charge in [0.25, 0.3) is 0 Å². The summed E-state index contributed by atoms with van der Waals surface area (Å²) in [5.74, 6) is -0.182. The Kier molecular flexibility index (Phi) is 5.74. The van der Waals surface area contributed by atoms with Crippen LogP contribution in [-0.2, 0) is 16.1 Å². The van der Waals surface area contributed by atoms with Gasteiger partial charge in [-0.25, -0.2) is 0 Å². The minimum absolute atomic E-state index is 0.0718. The SMILES string of the molecule is CC(=O)Nc1ccc(NCC(=O)NCc2cccc(C)c2)cc1. The number of carbonyl (C=O) groups excluding carboxylic acids is 2. The molecule has 2 rings (SSSR count). The molecule has 23 heavy (non-hydrogen) atoms. The van der Waals surface area contributed by atoms with Crippen LogP contribution in [0.4, 0.5) is 11.4 Å². The fourth-order valence-electron chi connectivity index (χ4n) is 2.14. The van der Waals surface area contributed by atoms with Crippen LogP contribution in [0.5, 0.6) is 0 Å². The Morgan fingerprint density at radius 1 is 1.00 bits per heavy atom. The number of anilines is 2. The summed E-state index contributed by atoms with van der Waals surface area (Å²) < 4.78 is 0. The maximum Gasteiger partial charge on any atom is 0.239 e. The van der Waals surface area contributed by atoms with Crippen molar-refractivity contribution in [2.75, 3.05) is 17.2 Å². The van der Waals surface area contributed by atoms with Crippen molar-refractivity contribution in [3.8, 4) is 0 Å². The molecule has 0 fully saturated rings. The van der Waals surface area contributed by atoms with E-state index < -0.39 is 0 Å².